The van der Waals surface area contributed by atoms with Crippen molar-refractivity contribution >= 4 is 5.97 Å². The van der Waals surface area contributed by atoms with Gasteiger partial charge in [-0.15, -0.1) is 0 Å². The molecule has 0 fully saturated rings. The first kappa shape index (κ1) is 14.7. The van der Waals surface area contributed by atoms with Gasteiger partial charge < -0.3 is 4.74 Å². The molecule has 0 heterocycles. The van der Waals surface area contributed by atoms with Crippen LogP contribution in [-0.2, 0) is 9.53 Å². The van der Waals surface area contributed by atoms with Crippen LogP contribution in [0.1, 0.15) is 27.2 Å². The average molecular weight is 224 g/mol. The maximum Gasteiger partial charge on any atom is 0.333 e. The summed E-state index contributed by atoms with van der Waals surface area (Å²) in [5.74, 6) is -0.302. The number of methoxy groups -OCH3 is 1. The fourth-order valence-electron chi connectivity index (χ4n) is 1.25. The first-order valence-electron chi connectivity index (χ1n) is 5.39. The summed E-state index contributed by atoms with van der Waals surface area (Å²) in [6.45, 7) is 7.26. The lowest BCUT2D eigenvalue weighted by Gasteiger charge is -2.23. The van der Waals surface area contributed by atoms with Crippen LogP contribution < -0.4 is 0 Å². The fourth-order valence-corrected chi connectivity index (χ4v) is 1.25. The highest BCUT2D eigenvalue weighted by molar-refractivity contribution is 5.87. The third-order valence-electron chi connectivity index (χ3n) is 2.38. The molecule has 0 aliphatic rings. The Morgan fingerprint density at radius 1 is 1.56 bits per heavy atom. The molecule has 0 bridgehead atoms. The molecule has 0 unspecified atom stereocenters. The van der Waals surface area contributed by atoms with Crippen LogP contribution in [0.2, 0.25) is 0 Å². The van der Waals surface area contributed by atoms with Crippen LogP contribution in [-0.4, -0.2) is 37.1 Å². The number of esters is 1. The van der Waals surface area contributed by atoms with Gasteiger partial charge in [0, 0.05) is 31.1 Å². The van der Waals surface area contributed by atoms with E-state index in [1.54, 1.807) is 6.92 Å². The van der Waals surface area contributed by atoms with Gasteiger partial charge in [0.2, 0.25) is 0 Å². The molecular formula is C12H20N2O2. The molecule has 0 aromatic heterocycles. The van der Waals surface area contributed by atoms with Crippen LogP contribution in [0.15, 0.2) is 11.6 Å². The Labute approximate surface area is 97.5 Å². The molecule has 0 saturated heterocycles. The second kappa shape index (κ2) is 7.89. The van der Waals surface area contributed by atoms with Crippen LogP contribution >= 0.6 is 0 Å². The van der Waals surface area contributed by atoms with Gasteiger partial charge in [-0.05, 0) is 20.8 Å². The van der Waals surface area contributed by atoms with E-state index in [9.17, 15) is 4.79 Å². The van der Waals surface area contributed by atoms with E-state index in [4.69, 9.17) is 5.26 Å². The minimum Gasteiger partial charge on any atom is -0.466 e. The van der Waals surface area contributed by atoms with Gasteiger partial charge in [-0.3, -0.25) is 4.90 Å². The summed E-state index contributed by atoms with van der Waals surface area (Å²) >= 11 is 0. The van der Waals surface area contributed by atoms with Crippen LogP contribution in [0, 0.1) is 11.3 Å². The van der Waals surface area contributed by atoms with Crippen molar-refractivity contribution in [3.63, 3.8) is 0 Å². The van der Waals surface area contributed by atoms with E-state index < -0.39 is 0 Å². The van der Waals surface area contributed by atoms with Crippen LogP contribution in [0.3, 0.4) is 0 Å². The summed E-state index contributed by atoms with van der Waals surface area (Å²) in [5.41, 5.74) is 0.602. The van der Waals surface area contributed by atoms with Crippen molar-refractivity contribution in [1.29, 1.82) is 5.26 Å². The number of rotatable bonds is 6. The highest BCUT2D eigenvalue weighted by Crippen LogP contribution is 2.02. The zero-order valence-corrected chi connectivity index (χ0v) is 10.5. The van der Waals surface area contributed by atoms with Crippen molar-refractivity contribution < 1.29 is 9.53 Å². The van der Waals surface area contributed by atoms with E-state index >= 15 is 0 Å². The van der Waals surface area contributed by atoms with Crippen LogP contribution in [0.25, 0.3) is 0 Å². The number of hydrogen-bond donors (Lipinski definition) is 0. The molecule has 0 spiro atoms. The van der Waals surface area contributed by atoms with Crippen LogP contribution in [0.5, 0.6) is 0 Å². The second-order valence-electron chi connectivity index (χ2n) is 3.88. The largest absolute Gasteiger partial charge is 0.466 e. The first-order valence-corrected chi connectivity index (χ1v) is 5.39. The molecule has 90 valence electrons. The Bertz CT molecular complexity index is 290. The Hall–Kier alpha value is -1.34. The molecule has 0 aliphatic carbocycles. The molecule has 0 N–H and O–H groups in total. The fraction of sp³-hybridized carbons (Fsp3) is 0.667. The highest BCUT2D eigenvalue weighted by Gasteiger charge is 2.09. The molecule has 4 nitrogen and oxygen atoms in total. The van der Waals surface area contributed by atoms with Gasteiger partial charge in [0.25, 0.3) is 0 Å². The SMILES string of the molecule is COC(=O)C(C)=CCN(CCC#N)C(C)C. The number of carbonyl (C=O) groups is 1. The van der Waals surface area contributed by atoms with E-state index in [1.165, 1.54) is 7.11 Å². The number of nitrogens with zero attached hydrogens (tertiary/aromatic N) is 2. The van der Waals surface area contributed by atoms with Gasteiger partial charge in [-0.25, -0.2) is 4.79 Å². The third-order valence-corrected chi connectivity index (χ3v) is 2.38. The number of nitriles is 1. The summed E-state index contributed by atoms with van der Waals surface area (Å²) in [7, 11) is 1.37. The second-order valence-corrected chi connectivity index (χ2v) is 3.88. The zero-order valence-electron chi connectivity index (χ0n) is 10.5. The van der Waals surface area contributed by atoms with Crippen molar-refractivity contribution in [2.75, 3.05) is 20.2 Å². The number of ether oxygens (including phenoxy) is 1. The standard InChI is InChI=1S/C12H20N2O2/c1-10(2)14(8-5-7-13)9-6-11(3)12(15)16-4/h6,10H,5,8-9H2,1-4H3. The quantitative estimate of drug-likeness (QED) is 0.509. The Morgan fingerprint density at radius 3 is 2.62 bits per heavy atom. The van der Waals surface area contributed by atoms with Gasteiger partial charge in [0.05, 0.1) is 13.2 Å². The van der Waals surface area contributed by atoms with Gasteiger partial charge in [-0.1, -0.05) is 6.08 Å². The Balaban J connectivity index is 4.31. The summed E-state index contributed by atoms with van der Waals surface area (Å²) in [4.78, 5) is 13.3. The van der Waals surface area contributed by atoms with E-state index in [0.717, 1.165) is 6.54 Å². The predicted octanol–water partition coefficient (Wildman–Crippen LogP) is 1.73. The molecule has 0 saturated carbocycles. The Morgan fingerprint density at radius 2 is 2.19 bits per heavy atom. The van der Waals surface area contributed by atoms with Gasteiger partial charge in [0.15, 0.2) is 0 Å². The third kappa shape index (κ3) is 5.52. The number of hydrogen-bond acceptors (Lipinski definition) is 4. The van der Waals surface area contributed by atoms with E-state index in [1.807, 2.05) is 6.08 Å². The molecule has 0 aromatic rings. The summed E-state index contributed by atoms with van der Waals surface area (Å²) in [6, 6.07) is 2.48. The molecule has 16 heavy (non-hydrogen) atoms. The maximum absolute atomic E-state index is 11.1. The molecule has 0 aliphatic heterocycles. The smallest absolute Gasteiger partial charge is 0.333 e. The monoisotopic (exact) mass is 224 g/mol. The lowest BCUT2D eigenvalue weighted by Crippen LogP contribution is -2.32. The highest BCUT2D eigenvalue weighted by atomic mass is 16.5. The summed E-state index contributed by atoms with van der Waals surface area (Å²) < 4.78 is 4.61. The van der Waals surface area contributed by atoms with Gasteiger partial charge >= 0.3 is 5.97 Å². The van der Waals surface area contributed by atoms with Crippen molar-refractivity contribution in [2.45, 2.75) is 33.2 Å². The van der Waals surface area contributed by atoms with Crippen molar-refractivity contribution in [1.82, 2.24) is 4.90 Å². The van der Waals surface area contributed by atoms with E-state index in [-0.39, 0.29) is 5.97 Å². The normalized spacial score (nSPS) is 11.7. The lowest BCUT2D eigenvalue weighted by atomic mass is 10.2. The van der Waals surface area contributed by atoms with Gasteiger partial charge in [0.1, 0.15) is 0 Å². The van der Waals surface area contributed by atoms with E-state index in [0.29, 0.717) is 24.6 Å². The minimum atomic E-state index is -0.302. The van der Waals surface area contributed by atoms with Gasteiger partial charge in [-0.2, -0.15) is 5.26 Å². The Kier molecular flexibility index (Phi) is 7.23. The summed E-state index contributed by atoms with van der Waals surface area (Å²) in [6.07, 6.45) is 2.34. The molecular weight excluding hydrogens is 204 g/mol. The molecule has 0 atom stereocenters. The number of carbonyl (C=O) groups excluding carboxylic acids is 1. The van der Waals surface area contributed by atoms with Crippen LogP contribution in [0.4, 0.5) is 0 Å². The van der Waals surface area contributed by atoms with E-state index in [2.05, 4.69) is 29.6 Å². The zero-order chi connectivity index (χ0) is 12.6. The first-order chi connectivity index (χ1) is 7.52. The minimum absolute atomic E-state index is 0.302. The van der Waals surface area contributed by atoms with Crippen molar-refractivity contribution in [3.05, 3.63) is 11.6 Å². The topological polar surface area (TPSA) is 53.3 Å². The van der Waals surface area contributed by atoms with Crippen molar-refractivity contribution in [3.8, 4) is 6.07 Å². The lowest BCUT2D eigenvalue weighted by molar-refractivity contribution is -0.136. The molecule has 0 aromatic carbocycles. The maximum atomic E-state index is 11.1. The predicted molar refractivity (Wildman–Crippen MR) is 62.7 cm³/mol. The molecule has 0 rings (SSSR count). The molecule has 4 heteroatoms. The average Bonchev–Trinajstić information content (AvgIpc) is 2.27. The van der Waals surface area contributed by atoms with Crippen molar-refractivity contribution in [2.24, 2.45) is 0 Å². The molecule has 0 amide bonds. The summed E-state index contributed by atoms with van der Waals surface area (Å²) in [5, 5.41) is 8.53. The molecule has 0 radical (unpaired) electrons.